The number of carbonyl (C=O) groups excluding carboxylic acids is 2. The summed E-state index contributed by atoms with van der Waals surface area (Å²) < 4.78 is 11.1. The first kappa shape index (κ1) is 20.9. The van der Waals surface area contributed by atoms with Gasteiger partial charge in [0.15, 0.2) is 13.2 Å². The molecule has 0 spiro atoms. The van der Waals surface area contributed by atoms with Crippen molar-refractivity contribution in [3.8, 4) is 11.5 Å². The second-order valence-corrected chi connectivity index (χ2v) is 6.78. The summed E-state index contributed by atoms with van der Waals surface area (Å²) in [6.45, 7) is 3.68. The van der Waals surface area contributed by atoms with Crippen molar-refractivity contribution in [1.82, 2.24) is 0 Å². The van der Waals surface area contributed by atoms with Crippen molar-refractivity contribution in [3.05, 3.63) is 83.9 Å². The number of para-hydroxylation sites is 2. The third kappa shape index (κ3) is 6.10. The number of hydrogen-bond donors (Lipinski definition) is 2. The van der Waals surface area contributed by atoms with Gasteiger partial charge in [-0.05, 0) is 61.4 Å². The number of anilines is 2. The highest BCUT2D eigenvalue weighted by molar-refractivity contribution is 5.94. The zero-order chi connectivity index (χ0) is 21.3. The number of benzene rings is 3. The Kier molecular flexibility index (Phi) is 7.05. The van der Waals surface area contributed by atoms with Crippen molar-refractivity contribution < 1.29 is 19.1 Å². The third-order valence-electron chi connectivity index (χ3n) is 4.36. The van der Waals surface area contributed by atoms with Crippen LogP contribution in [0.2, 0.25) is 0 Å². The standard InChI is InChI=1S/C24H24N2O4/c1-17-7-3-5-9-21(17)29-15-23(27)25-19-11-13-20(14-12-19)26-24(28)16-30-22-10-6-4-8-18(22)2/h3-14H,15-16H2,1-2H3,(H,25,27)(H,26,28). The molecule has 0 aromatic heterocycles. The topological polar surface area (TPSA) is 76.7 Å². The first-order valence-corrected chi connectivity index (χ1v) is 9.58. The highest BCUT2D eigenvalue weighted by Gasteiger charge is 2.07. The molecule has 2 amide bonds. The third-order valence-corrected chi connectivity index (χ3v) is 4.36. The van der Waals surface area contributed by atoms with E-state index in [0.29, 0.717) is 22.9 Å². The zero-order valence-corrected chi connectivity index (χ0v) is 17.0. The molecule has 30 heavy (non-hydrogen) atoms. The molecule has 0 aliphatic rings. The van der Waals surface area contributed by atoms with Crippen LogP contribution in [-0.2, 0) is 9.59 Å². The van der Waals surface area contributed by atoms with E-state index >= 15 is 0 Å². The van der Waals surface area contributed by atoms with E-state index in [1.165, 1.54) is 0 Å². The van der Waals surface area contributed by atoms with E-state index in [2.05, 4.69) is 10.6 Å². The molecule has 0 fully saturated rings. The predicted octanol–water partition coefficient (Wildman–Crippen LogP) is 4.34. The van der Waals surface area contributed by atoms with Gasteiger partial charge in [0.05, 0.1) is 0 Å². The molecule has 2 N–H and O–H groups in total. The molecular formula is C24H24N2O4. The van der Waals surface area contributed by atoms with Crippen LogP contribution in [0.3, 0.4) is 0 Å². The Morgan fingerprint density at radius 2 is 1.00 bits per heavy atom. The lowest BCUT2D eigenvalue weighted by molar-refractivity contribution is -0.118. The van der Waals surface area contributed by atoms with Gasteiger partial charge in [0.2, 0.25) is 0 Å². The van der Waals surface area contributed by atoms with Crippen LogP contribution in [0.1, 0.15) is 11.1 Å². The maximum atomic E-state index is 12.1. The smallest absolute Gasteiger partial charge is 0.262 e. The Morgan fingerprint density at radius 1 is 0.633 bits per heavy atom. The molecule has 0 radical (unpaired) electrons. The second-order valence-electron chi connectivity index (χ2n) is 6.78. The number of rotatable bonds is 8. The highest BCUT2D eigenvalue weighted by Crippen LogP contribution is 2.18. The quantitative estimate of drug-likeness (QED) is 0.586. The van der Waals surface area contributed by atoms with E-state index < -0.39 is 0 Å². The first-order valence-electron chi connectivity index (χ1n) is 9.58. The van der Waals surface area contributed by atoms with E-state index in [1.54, 1.807) is 24.3 Å². The monoisotopic (exact) mass is 404 g/mol. The van der Waals surface area contributed by atoms with E-state index in [0.717, 1.165) is 11.1 Å². The fourth-order valence-corrected chi connectivity index (χ4v) is 2.75. The lowest BCUT2D eigenvalue weighted by Gasteiger charge is -2.11. The number of ether oxygens (including phenoxy) is 2. The van der Waals surface area contributed by atoms with E-state index in [4.69, 9.17) is 9.47 Å². The lowest BCUT2D eigenvalue weighted by atomic mass is 10.2. The molecule has 0 atom stereocenters. The summed E-state index contributed by atoms with van der Waals surface area (Å²) >= 11 is 0. The van der Waals surface area contributed by atoms with Crippen LogP contribution in [0.25, 0.3) is 0 Å². The maximum absolute atomic E-state index is 12.1. The van der Waals surface area contributed by atoms with E-state index in [-0.39, 0.29) is 25.0 Å². The molecule has 0 saturated carbocycles. The van der Waals surface area contributed by atoms with Gasteiger partial charge >= 0.3 is 0 Å². The maximum Gasteiger partial charge on any atom is 0.262 e. The van der Waals surface area contributed by atoms with Crippen molar-refractivity contribution >= 4 is 23.2 Å². The number of aryl methyl sites for hydroxylation is 2. The van der Waals surface area contributed by atoms with Crippen LogP contribution < -0.4 is 20.1 Å². The Hall–Kier alpha value is -3.80. The number of hydrogen-bond acceptors (Lipinski definition) is 4. The molecular weight excluding hydrogens is 380 g/mol. The second kappa shape index (κ2) is 10.1. The average molecular weight is 404 g/mol. The van der Waals surface area contributed by atoms with Crippen LogP contribution in [-0.4, -0.2) is 25.0 Å². The Labute approximate surface area is 175 Å². The Bertz CT molecular complexity index is 933. The molecule has 0 saturated heterocycles. The Morgan fingerprint density at radius 3 is 1.37 bits per heavy atom. The van der Waals surface area contributed by atoms with Crippen molar-refractivity contribution in [2.24, 2.45) is 0 Å². The fraction of sp³-hybridized carbons (Fsp3) is 0.167. The highest BCUT2D eigenvalue weighted by atomic mass is 16.5. The van der Waals surface area contributed by atoms with Crippen LogP contribution in [0, 0.1) is 13.8 Å². The summed E-state index contributed by atoms with van der Waals surface area (Å²) in [5.74, 6) is 0.834. The predicted molar refractivity (Wildman–Crippen MR) is 117 cm³/mol. The van der Waals surface area contributed by atoms with Gasteiger partial charge < -0.3 is 20.1 Å². The molecule has 3 aromatic rings. The van der Waals surface area contributed by atoms with Gasteiger partial charge in [-0.15, -0.1) is 0 Å². The molecule has 0 aliphatic carbocycles. The summed E-state index contributed by atoms with van der Waals surface area (Å²) in [7, 11) is 0. The number of carbonyl (C=O) groups is 2. The van der Waals surface area contributed by atoms with Gasteiger partial charge in [-0.1, -0.05) is 36.4 Å². The largest absolute Gasteiger partial charge is 0.483 e. The number of nitrogens with one attached hydrogen (secondary N) is 2. The van der Waals surface area contributed by atoms with E-state index in [1.807, 2.05) is 62.4 Å². The molecule has 3 rings (SSSR count). The summed E-state index contributed by atoms with van der Waals surface area (Å²) in [4.78, 5) is 24.2. The average Bonchev–Trinajstić information content (AvgIpc) is 2.74. The van der Waals surface area contributed by atoms with Crippen LogP contribution in [0.15, 0.2) is 72.8 Å². The van der Waals surface area contributed by atoms with Crippen LogP contribution >= 0.6 is 0 Å². The number of amides is 2. The minimum atomic E-state index is -0.262. The molecule has 3 aromatic carbocycles. The summed E-state index contributed by atoms with van der Waals surface area (Å²) in [5.41, 5.74) is 3.17. The normalized spacial score (nSPS) is 10.2. The van der Waals surface area contributed by atoms with Gasteiger partial charge in [-0.25, -0.2) is 0 Å². The van der Waals surface area contributed by atoms with Gasteiger partial charge in [-0.2, -0.15) is 0 Å². The van der Waals surface area contributed by atoms with Crippen LogP contribution in [0.4, 0.5) is 11.4 Å². The zero-order valence-electron chi connectivity index (χ0n) is 17.0. The minimum Gasteiger partial charge on any atom is -0.483 e. The van der Waals surface area contributed by atoms with Crippen LogP contribution in [0.5, 0.6) is 11.5 Å². The summed E-state index contributed by atoms with van der Waals surface area (Å²) in [5, 5.41) is 5.53. The summed E-state index contributed by atoms with van der Waals surface area (Å²) in [6.07, 6.45) is 0. The molecule has 0 unspecified atom stereocenters. The van der Waals surface area contributed by atoms with Gasteiger partial charge in [0.1, 0.15) is 11.5 Å². The summed E-state index contributed by atoms with van der Waals surface area (Å²) in [6, 6.07) is 21.9. The fourth-order valence-electron chi connectivity index (χ4n) is 2.75. The van der Waals surface area contributed by atoms with Gasteiger partial charge in [0, 0.05) is 11.4 Å². The van der Waals surface area contributed by atoms with Crippen molar-refractivity contribution in [2.45, 2.75) is 13.8 Å². The van der Waals surface area contributed by atoms with Crippen molar-refractivity contribution in [1.29, 1.82) is 0 Å². The Balaban J connectivity index is 1.45. The van der Waals surface area contributed by atoms with Gasteiger partial charge in [-0.3, -0.25) is 9.59 Å². The molecule has 0 bridgehead atoms. The van der Waals surface area contributed by atoms with E-state index in [9.17, 15) is 9.59 Å². The molecule has 6 nitrogen and oxygen atoms in total. The lowest BCUT2D eigenvalue weighted by Crippen LogP contribution is -2.21. The molecule has 0 aliphatic heterocycles. The first-order chi connectivity index (χ1) is 14.5. The van der Waals surface area contributed by atoms with Crippen molar-refractivity contribution in [3.63, 3.8) is 0 Å². The van der Waals surface area contributed by atoms with Gasteiger partial charge in [0.25, 0.3) is 11.8 Å². The molecule has 0 heterocycles. The molecule has 6 heteroatoms. The molecule has 154 valence electrons. The SMILES string of the molecule is Cc1ccccc1OCC(=O)Nc1ccc(NC(=O)COc2ccccc2C)cc1. The minimum absolute atomic E-state index is 0.0837. The van der Waals surface area contributed by atoms with Crippen molar-refractivity contribution in [2.75, 3.05) is 23.8 Å².